The van der Waals surface area contributed by atoms with E-state index in [1.807, 2.05) is 31.2 Å². The Morgan fingerprint density at radius 2 is 2.00 bits per heavy atom. The van der Waals surface area contributed by atoms with Crippen molar-refractivity contribution in [1.82, 2.24) is 0 Å². The molecule has 4 N–H and O–H groups in total. The number of anilines is 2. The standard InChI is InChI=1S/C29H36N2O6/c1-15-13-28-16(2)11-19-22(27(19,3)4)18(24(28)34)12-17(14-32)23(33)29(28,36)25(15)37-26(35)31-10-9-30-20-7-5-6-8-21(20)31/h5-8,12-13,16,18-19,22-23,25,30,32-33,36H,9-11,14H2,1-4H3/t16-,18+,19-,22+,23-,25+,28+,29+/m1/s1. The predicted molar refractivity (Wildman–Crippen MR) is 138 cm³/mol. The Bertz CT molecular complexity index is 1240. The molecule has 5 aliphatic rings. The van der Waals surface area contributed by atoms with E-state index in [0.29, 0.717) is 36.7 Å². The van der Waals surface area contributed by atoms with Crippen molar-refractivity contribution in [3.63, 3.8) is 0 Å². The Balaban J connectivity index is 1.43. The summed E-state index contributed by atoms with van der Waals surface area (Å²) >= 11 is 0. The van der Waals surface area contributed by atoms with Gasteiger partial charge in [0.1, 0.15) is 6.10 Å². The van der Waals surface area contributed by atoms with Gasteiger partial charge in [-0.15, -0.1) is 0 Å². The molecule has 4 aliphatic carbocycles. The first-order chi connectivity index (χ1) is 17.5. The van der Waals surface area contributed by atoms with Gasteiger partial charge in [0.2, 0.25) is 0 Å². The highest BCUT2D eigenvalue weighted by Gasteiger charge is 2.76. The van der Waals surface area contributed by atoms with Crippen LogP contribution in [0.25, 0.3) is 0 Å². The van der Waals surface area contributed by atoms with Gasteiger partial charge in [-0.05, 0) is 59.8 Å². The van der Waals surface area contributed by atoms with Crippen LogP contribution in [0.15, 0.2) is 47.6 Å². The van der Waals surface area contributed by atoms with Gasteiger partial charge in [0.25, 0.3) is 0 Å². The van der Waals surface area contributed by atoms with E-state index in [-0.39, 0.29) is 28.6 Å². The van der Waals surface area contributed by atoms with E-state index < -0.39 is 41.8 Å². The number of aliphatic hydroxyl groups is 3. The van der Waals surface area contributed by atoms with Gasteiger partial charge in [0.15, 0.2) is 17.5 Å². The summed E-state index contributed by atoms with van der Waals surface area (Å²) in [6, 6.07) is 7.41. The number of hydrogen-bond acceptors (Lipinski definition) is 7. The summed E-state index contributed by atoms with van der Waals surface area (Å²) in [7, 11) is 0. The molecule has 2 fully saturated rings. The molecule has 6 rings (SSSR count). The molecule has 8 atom stereocenters. The molecule has 1 heterocycles. The zero-order valence-corrected chi connectivity index (χ0v) is 21.8. The van der Waals surface area contributed by atoms with Crippen LogP contribution in [-0.4, -0.2) is 64.7 Å². The van der Waals surface area contributed by atoms with Gasteiger partial charge in [-0.1, -0.05) is 45.1 Å². The number of ether oxygens (including phenoxy) is 1. The lowest BCUT2D eigenvalue weighted by Crippen LogP contribution is -2.66. The fraction of sp³-hybridized carbons (Fsp3) is 0.586. The minimum absolute atomic E-state index is 0.0421. The number of amides is 1. The zero-order chi connectivity index (χ0) is 26.5. The van der Waals surface area contributed by atoms with Crippen molar-refractivity contribution >= 4 is 23.3 Å². The summed E-state index contributed by atoms with van der Waals surface area (Å²) in [5.74, 6) is -0.628. The molecule has 8 heteroatoms. The number of rotatable bonds is 2. The van der Waals surface area contributed by atoms with E-state index in [4.69, 9.17) is 4.74 Å². The maximum Gasteiger partial charge on any atom is 0.415 e. The minimum Gasteiger partial charge on any atom is -0.438 e. The van der Waals surface area contributed by atoms with Crippen LogP contribution in [0.3, 0.4) is 0 Å². The number of ketones is 1. The summed E-state index contributed by atoms with van der Waals surface area (Å²) in [5.41, 5.74) is -1.41. The van der Waals surface area contributed by atoms with Crippen LogP contribution < -0.4 is 10.2 Å². The van der Waals surface area contributed by atoms with Crippen molar-refractivity contribution in [3.05, 3.63) is 47.6 Å². The highest BCUT2D eigenvalue weighted by Crippen LogP contribution is 2.71. The lowest BCUT2D eigenvalue weighted by Gasteiger charge is -2.49. The molecule has 0 aromatic heterocycles. The number of carbonyl (C=O) groups is 2. The lowest BCUT2D eigenvalue weighted by molar-refractivity contribution is -0.189. The molecule has 1 amide bonds. The molecule has 37 heavy (non-hydrogen) atoms. The van der Waals surface area contributed by atoms with Crippen LogP contribution >= 0.6 is 0 Å². The first kappa shape index (κ1) is 24.6. The first-order valence-corrected chi connectivity index (χ1v) is 13.3. The number of nitrogens with zero attached hydrogens (tertiary/aromatic N) is 1. The third kappa shape index (κ3) is 3.00. The number of hydrogen-bond donors (Lipinski definition) is 4. The fourth-order valence-corrected chi connectivity index (χ4v) is 8.23. The van der Waals surface area contributed by atoms with Crippen molar-refractivity contribution in [2.75, 3.05) is 29.9 Å². The van der Waals surface area contributed by atoms with Gasteiger partial charge >= 0.3 is 6.09 Å². The molecule has 0 radical (unpaired) electrons. The van der Waals surface area contributed by atoms with Gasteiger partial charge in [-0.2, -0.15) is 0 Å². The molecular weight excluding hydrogens is 472 g/mol. The number of allylic oxidation sites excluding steroid dienone is 1. The molecule has 1 aliphatic heterocycles. The maximum atomic E-state index is 14.4. The second-order valence-electron chi connectivity index (χ2n) is 12.2. The van der Waals surface area contributed by atoms with E-state index in [1.165, 1.54) is 4.90 Å². The van der Waals surface area contributed by atoms with Crippen LogP contribution in [0.5, 0.6) is 0 Å². The Labute approximate surface area is 217 Å². The number of carbonyl (C=O) groups excluding carboxylic acids is 2. The third-order valence-electron chi connectivity index (χ3n) is 10.2. The molecule has 0 saturated heterocycles. The summed E-state index contributed by atoms with van der Waals surface area (Å²) < 4.78 is 6.03. The van der Waals surface area contributed by atoms with Crippen molar-refractivity contribution in [3.8, 4) is 0 Å². The lowest BCUT2D eigenvalue weighted by atomic mass is 9.59. The highest BCUT2D eigenvalue weighted by atomic mass is 16.6. The molecule has 1 aromatic rings. The van der Waals surface area contributed by atoms with Crippen molar-refractivity contribution in [2.24, 2.45) is 34.5 Å². The predicted octanol–water partition coefficient (Wildman–Crippen LogP) is 2.89. The quantitative estimate of drug-likeness (QED) is 0.454. The number of nitrogens with one attached hydrogen (secondary N) is 1. The average molecular weight is 509 g/mol. The van der Waals surface area contributed by atoms with E-state index in [1.54, 1.807) is 19.1 Å². The average Bonchev–Trinajstić information content (AvgIpc) is 3.37. The van der Waals surface area contributed by atoms with Crippen LogP contribution in [0.1, 0.15) is 34.1 Å². The van der Waals surface area contributed by atoms with E-state index >= 15 is 0 Å². The van der Waals surface area contributed by atoms with Crippen LogP contribution in [0, 0.1) is 34.5 Å². The summed E-state index contributed by atoms with van der Waals surface area (Å²) in [6.07, 6.45) is 0.675. The number of para-hydroxylation sites is 2. The minimum atomic E-state index is -2.14. The van der Waals surface area contributed by atoms with Gasteiger partial charge in [0.05, 0.1) is 23.4 Å². The maximum absolute atomic E-state index is 14.4. The van der Waals surface area contributed by atoms with E-state index in [0.717, 1.165) is 5.69 Å². The second-order valence-corrected chi connectivity index (χ2v) is 12.2. The molecular formula is C29H36N2O6. The Morgan fingerprint density at radius 1 is 1.27 bits per heavy atom. The van der Waals surface area contributed by atoms with Crippen molar-refractivity contribution < 1.29 is 29.6 Å². The molecule has 0 unspecified atom stereocenters. The Kier molecular flexibility index (Phi) is 5.27. The van der Waals surface area contributed by atoms with Crippen LogP contribution in [-0.2, 0) is 9.53 Å². The Morgan fingerprint density at radius 3 is 2.73 bits per heavy atom. The molecule has 1 aromatic carbocycles. The van der Waals surface area contributed by atoms with E-state index in [2.05, 4.69) is 19.2 Å². The normalized spacial score (nSPS) is 41.2. The topological polar surface area (TPSA) is 119 Å². The van der Waals surface area contributed by atoms with Gasteiger partial charge in [-0.25, -0.2) is 4.79 Å². The number of aliphatic hydroxyl groups excluding tert-OH is 2. The van der Waals surface area contributed by atoms with Gasteiger partial charge < -0.3 is 25.4 Å². The van der Waals surface area contributed by atoms with Crippen molar-refractivity contribution in [1.29, 1.82) is 0 Å². The van der Waals surface area contributed by atoms with Crippen molar-refractivity contribution in [2.45, 2.75) is 51.9 Å². The monoisotopic (exact) mass is 508 g/mol. The summed E-state index contributed by atoms with van der Waals surface area (Å²) in [6.45, 7) is 8.42. The smallest absolute Gasteiger partial charge is 0.415 e. The van der Waals surface area contributed by atoms with Gasteiger partial charge in [0, 0.05) is 19.0 Å². The second kappa shape index (κ2) is 7.91. The third-order valence-corrected chi connectivity index (χ3v) is 10.2. The number of Topliss-reactive ketones (excluding diaryl/α,β-unsaturated/α-hetero) is 1. The van der Waals surface area contributed by atoms with E-state index in [9.17, 15) is 24.9 Å². The van der Waals surface area contributed by atoms with Crippen LogP contribution in [0.4, 0.5) is 16.2 Å². The summed E-state index contributed by atoms with van der Waals surface area (Å²) in [4.78, 5) is 29.5. The first-order valence-electron chi connectivity index (χ1n) is 13.3. The molecule has 1 spiro atoms. The SMILES string of the molecule is CC1=C[C@]23C(=O)[C@@H](C=C(CO)[C@@H](O)[C@]2(O)[C@H]1OC(=O)N1CCNc2ccccc21)[C@H]1[C@@H](C[C@H]3C)C1(C)C. The number of fused-ring (bicyclic) bond motifs is 4. The molecule has 8 nitrogen and oxygen atoms in total. The fourth-order valence-electron chi connectivity index (χ4n) is 8.23. The largest absolute Gasteiger partial charge is 0.438 e. The molecule has 2 saturated carbocycles. The summed E-state index contributed by atoms with van der Waals surface area (Å²) in [5, 5.41) is 37.7. The van der Waals surface area contributed by atoms with Gasteiger partial charge in [-0.3, -0.25) is 9.69 Å². The number of benzene rings is 1. The zero-order valence-electron chi connectivity index (χ0n) is 21.8. The molecule has 198 valence electrons. The Hall–Kier alpha value is -2.68. The molecule has 2 bridgehead atoms. The van der Waals surface area contributed by atoms with Crippen LogP contribution in [0.2, 0.25) is 0 Å². The highest BCUT2D eigenvalue weighted by molar-refractivity contribution is 5.96.